The fourth-order valence-corrected chi connectivity index (χ4v) is 4.25. The smallest absolute Gasteiger partial charge is 0.345 e. The molecule has 6 heteroatoms. The van der Waals surface area contributed by atoms with Crippen LogP contribution in [0.15, 0.2) is 42.5 Å². The van der Waals surface area contributed by atoms with E-state index in [-0.39, 0.29) is 0 Å². The number of piperazine rings is 1. The summed E-state index contributed by atoms with van der Waals surface area (Å²) < 4.78 is 0. The SMILES string of the molecule is O=C(O)c1ccc(CN2CCN(Cc3cc4ccccc4[nH]3)CC2)s1. The van der Waals surface area contributed by atoms with Gasteiger partial charge in [-0.1, -0.05) is 18.2 Å². The molecule has 1 fully saturated rings. The van der Waals surface area contributed by atoms with E-state index in [1.54, 1.807) is 6.07 Å². The molecule has 1 saturated heterocycles. The molecule has 25 heavy (non-hydrogen) atoms. The second kappa shape index (κ2) is 7.00. The van der Waals surface area contributed by atoms with Crippen LogP contribution in [-0.4, -0.2) is 52.0 Å². The van der Waals surface area contributed by atoms with Crippen molar-refractivity contribution in [3.05, 3.63) is 57.9 Å². The van der Waals surface area contributed by atoms with Crippen LogP contribution in [0.5, 0.6) is 0 Å². The fraction of sp³-hybridized carbons (Fsp3) is 0.316. The Labute approximate surface area is 150 Å². The van der Waals surface area contributed by atoms with Crippen LogP contribution in [0, 0.1) is 0 Å². The maximum absolute atomic E-state index is 11.0. The molecule has 3 aromatic rings. The number of nitrogens with one attached hydrogen (secondary N) is 1. The zero-order chi connectivity index (χ0) is 17.2. The maximum Gasteiger partial charge on any atom is 0.345 e. The Bertz CT molecular complexity index is 845. The van der Waals surface area contributed by atoms with Gasteiger partial charge in [-0.2, -0.15) is 0 Å². The number of nitrogens with zero attached hydrogens (tertiary/aromatic N) is 2. The number of aromatic amines is 1. The lowest BCUT2D eigenvalue weighted by molar-refractivity contribution is 0.0702. The number of rotatable bonds is 5. The Balaban J connectivity index is 1.31. The molecule has 2 aromatic heterocycles. The highest BCUT2D eigenvalue weighted by Gasteiger charge is 2.18. The van der Waals surface area contributed by atoms with E-state index in [1.807, 2.05) is 6.07 Å². The number of carbonyl (C=O) groups is 1. The molecule has 0 aliphatic carbocycles. The Hall–Kier alpha value is -2.15. The van der Waals surface area contributed by atoms with E-state index < -0.39 is 5.97 Å². The number of para-hydroxylation sites is 1. The molecule has 0 radical (unpaired) electrons. The summed E-state index contributed by atoms with van der Waals surface area (Å²) >= 11 is 1.38. The summed E-state index contributed by atoms with van der Waals surface area (Å²) in [5.41, 5.74) is 2.46. The highest BCUT2D eigenvalue weighted by molar-refractivity contribution is 7.13. The molecule has 0 spiro atoms. The molecule has 0 saturated carbocycles. The number of carboxylic acids is 1. The standard InChI is InChI=1S/C19H21N3O2S/c23-19(24)18-6-5-16(25-18)13-22-9-7-21(8-10-22)12-15-11-14-3-1-2-4-17(14)20-15/h1-6,11,20H,7-10,12-13H2,(H,23,24). The van der Waals surface area contributed by atoms with Crippen LogP contribution in [0.1, 0.15) is 20.2 Å². The number of hydrogen-bond acceptors (Lipinski definition) is 4. The summed E-state index contributed by atoms with van der Waals surface area (Å²) in [5.74, 6) is -0.834. The van der Waals surface area contributed by atoms with Crippen molar-refractivity contribution in [2.75, 3.05) is 26.2 Å². The van der Waals surface area contributed by atoms with E-state index in [0.717, 1.165) is 44.1 Å². The van der Waals surface area contributed by atoms with Crippen molar-refractivity contribution in [2.45, 2.75) is 13.1 Å². The fourth-order valence-electron chi connectivity index (χ4n) is 3.36. The van der Waals surface area contributed by atoms with Gasteiger partial charge >= 0.3 is 5.97 Å². The van der Waals surface area contributed by atoms with E-state index in [2.05, 4.69) is 45.1 Å². The monoisotopic (exact) mass is 355 g/mol. The lowest BCUT2D eigenvalue weighted by Crippen LogP contribution is -2.45. The molecule has 3 heterocycles. The van der Waals surface area contributed by atoms with Crippen LogP contribution in [-0.2, 0) is 13.1 Å². The molecule has 5 nitrogen and oxygen atoms in total. The van der Waals surface area contributed by atoms with Crippen LogP contribution < -0.4 is 0 Å². The Morgan fingerprint density at radius 3 is 2.44 bits per heavy atom. The van der Waals surface area contributed by atoms with Crippen molar-refractivity contribution >= 4 is 28.2 Å². The average molecular weight is 355 g/mol. The molecule has 1 aliphatic heterocycles. The first-order valence-corrected chi connectivity index (χ1v) is 9.32. The van der Waals surface area contributed by atoms with Gasteiger partial charge < -0.3 is 10.1 Å². The summed E-state index contributed by atoms with van der Waals surface area (Å²) in [6.07, 6.45) is 0. The first-order chi connectivity index (χ1) is 12.2. The number of benzene rings is 1. The number of hydrogen-bond donors (Lipinski definition) is 2. The summed E-state index contributed by atoms with van der Waals surface area (Å²) in [6, 6.07) is 14.3. The predicted octanol–water partition coefficient (Wildman–Crippen LogP) is 3.25. The average Bonchev–Trinajstić information content (AvgIpc) is 3.23. The van der Waals surface area contributed by atoms with E-state index in [0.29, 0.717) is 4.88 Å². The molecule has 1 aliphatic rings. The molecule has 4 rings (SSSR count). The molecular weight excluding hydrogens is 334 g/mol. The maximum atomic E-state index is 11.0. The van der Waals surface area contributed by atoms with E-state index in [1.165, 1.54) is 27.9 Å². The minimum Gasteiger partial charge on any atom is -0.477 e. The Kier molecular flexibility index (Phi) is 4.57. The number of fused-ring (bicyclic) bond motifs is 1. The summed E-state index contributed by atoms with van der Waals surface area (Å²) in [5, 5.41) is 10.3. The third kappa shape index (κ3) is 3.76. The van der Waals surface area contributed by atoms with Gasteiger partial charge in [0.1, 0.15) is 4.88 Å². The first-order valence-electron chi connectivity index (χ1n) is 8.51. The lowest BCUT2D eigenvalue weighted by atomic mass is 10.2. The number of aromatic carboxylic acids is 1. The van der Waals surface area contributed by atoms with Gasteiger partial charge in [0.25, 0.3) is 0 Å². The van der Waals surface area contributed by atoms with Crippen LogP contribution in [0.25, 0.3) is 10.9 Å². The van der Waals surface area contributed by atoms with Crippen LogP contribution in [0.3, 0.4) is 0 Å². The number of H-pyrrole nitrogens is 1. The normalized spacial score (nSPS) is 16.5. The Morgan fingerprint density at radius 1 is 1.04 bits per heavy atom. The quantitative estimate of drug-likeness (QED) is 0.738. The second-order valence-corrected chi connectivity index (χ2v) is 7.67. The lowest BCUT2D eigenvalue weighted by Gasteiger charge is -2.34. The zero-order valence-electron chi connectivity index (χ0n) is 13.9. The zero-order valence-corrected chi connectivity index (χ0v) is 14.8. The van der Waals surface area contributed by atoms with Crippen molar-refractivity contribution in [1.29, 1.82) is 0 Å². The first kappa shape index (κ1) is 16.3. The minimum absolute atomic E-state index is 0.424. The van der Waals surface area contributed by atoms with Gasteiger partial charge in [0.05, 0.1) is 0 Å². The van der Waals surface area contributed by atoms with Crippen molar-refractivity contribution in [3.8, 4) is 0 Å². The van der Waals surface area contributed by atoms with E-state index >= 15 is 0 Å². The number of aromatic nitrogens is 1. The van der Waals surface area contributed by atoms with Crippen molar-refractivity contribution in [1.82, 2.24) is 14.8 Å². The molecule has 0 atom stereocenters. The van der Waals surface area contributed by atoms with Crippen LogP contribution >= 0.6 is 11.3 Å². The van der Waals surface area contributed by atoms with Gasteiger partial charge in [-0.15, -0.1) is 11.3 Å². The van der Waals surface area contributed by atoms with Crippen molar-refractivity contribution < 1.29 is 9.90 Å². The summed E-state index contributed by atoms with van der Waals surface area (Å²) in [4.78, 5) is 20.9. The van der Waals surface area contributed by atoms with Gasteiger partial charge in [-0.25, -0.2) is 4.79 Å². The summed E-state index contributed by atoms with van der Waals surface area (Å²) in [6.45, 7) is 5.89. The molecule has 130 valence electrons. The minimum atomic E-state index is -0.834. The molecule has 0 bridgehead atoms. The highest BCUT2D eigenvalue weighted by Crippen LogP contribution is 2.20. The third-order valence-corrected chi connectivity index (χ3v) is 5.75. The third-order valence-electron chi connectivity index (χ3n) is 4.70. The van der Waals surface area contributed by atoms with Gasteiger partial charge in [-0.3, -0.25) is 9.80 Å². The molecule has 1 aromatic carbocycles. The van der Waals surface area contributed by atoms with Crippen molar-refractivity contribution in [2.24, 2.45) is 0 Å². The molecule has 0 unspecified atom stereocenters. The molecule has 2 N–H and O–H groups in total. The molecular formula is C19H21N3O2S. The molecule has 0 amide bonds. The highest BCUT2D eigenvalue weighted by atomic mass is 32.1. The van der Waals surface area contributed by atoms with Crippen LogP contribution in [0.2, 0.25) is 0 Å². The largest absolute Gasteiger partial charge is 0.477 e. The van der Waals surface area contributed by atoms with E-state index in [4.69, 9.17) is 5.11 Å². The van der Waals surface area contributed by atoms with Crippen molar-refractivity contribution in [3.63, 3.8) is 0 Å². The summed E-state index contributed by atoms with van der Waals surface area (Å²) in [7, 11) is 0. The second-order valence-electron chi connectivity index (χ2n) is 6.51. The number of carboxylic acid groups (broad SMARTS) is 1. The Morgan fingerprint density at radius 2 is 1.76 bits per heavy atom. The number of thiophene rings is 1. The van der Waals surface area contributed by atoms with Gasteiger partial charge in [-0.05, 0) is 29.7 Å². The van der Waals surface area contributed by atoms with E-state index in [9.17, 15) is 4.79 Å². The topological polar surface area (TPSA) is 59.6 Å². The van der Waals surface area contributed by atoms with Gasteiger partial charge in [0.2, 0.25) is 0 Å². The predicted molar refractivity (Wildman–Crippen MR) is 100 cm³/mol. The van der Waals surface area contributed by atoms with Crippen LogP contribution in [0.4, 0.5) is 0 Å². The van der Waals surface area contributed by atoms with Gasteiger partial charge in [0.15, 0.2) is 0 Å². The van der Waals surface area contributed by atoms with Gasteiger partial charge in [0, 0.05) is 55.4 Å².